The van der Waals surface area contributed by atoms with E-state index in [9.17, 15) is 4.79 Å². The molecule has 0 aromatic heterocycles. The largest absolute Gasteiger partial charge is 0.490 e. The third-order valence-corrected chi connectivity index (χ3v) is 7.10. The van der Waals surface area contributed by atoms with Crippen molar-refractivity contribution in [3.05, 3.63) is 64.2 Å². The molecule has 164 valence electrons. The van der Waals surface area contributed by atoms with Crippen LogP contribution in [0.25, 0.3) is 0 Å². The van der Waals surface area contributed by atoms with Gasteiger partial charge in [-0.25, -0.2) is 0 Å². The molecule has 1 aliphatic carbocycles. The van der Waals surface area contributed by atoms with E-state index in [4.69, 9.17) is 16.3 Å². The predicted octanol–water partition coefficient (Wildman–Crippen LogP) is 5.70. The number of ether oxygens (including phenoxy) is 1. The van der Waals surface area contributed by atoms with Crippen molar-refractivity contribution >= 4 is 17.5 Å². The quantitative estimate of drug-likeness (QED) is 0.520. The number of benzene rings is 2. The Kier molecular flexibility index (Phi) is 5.70. The van der Waals surface area contributed by atoms with Crippen LogP contribution < -0.4 is 4.74 Å². The summed E-state index contributed by atoms with van der Waals surface area (Å²) in [6.45, 7) is 7.55. The van der Waals surface area contributed by atoms with Crippen LogP contribution in [-0.4, -0.2) is 40.9 Å². The Bertz CT molecular complexity index is 950. The molecule has 1 atom stereocenters. The number of hydrogen-bond donors (Lipinski definition) is 0. The van der Waals surface area contributed by atoms with Crippen molar-refractivity contribution in [3.63, 3.8) is 0 Å². The van der Waals surface area contributed by atoms with Gasteiger partial charge in [-0.1, -0.05) is 37.6 Å². The number of nitrogens with zero attached hydrogens (tertiary/aromatic N) is 2. The van der Waals surface area contributed by atoms with Crippen molar-refractivity contribution in [3.8, 4) is 5.75 Å². The summed E-state index contributed by atoms with van der Waals surface area (Å²) in [6.07, 6.45) is 4.73. The molecule has 0 N–H and O–H groups in total. The maximum absolute atomic E-state index is 12.1. The van der Waals surface area contributed by atoms with Gasteiger partial charge in [0.15, 0.2) is 0 Å². The Morgan fingerprint density at radius 2 is 1.84 bits per heavy atom. The van der Waals surface area contributed by atoms with Crippen LogP contribution in [-0.2, 0) is 6.54 Å². The molecule has 1 saturated heterocycles. The molecule has 5 rings (SSSR count). The Labute approximate surface area is 190 Å². The molecule has 31 heavy (non-hydrogen) atoms. The maximum Gasteiger partial charge on any atom is 0.254 e. The molecule has 0 spiro atoms. The minimum atomic E-state index is 0.179. The fourth-order valence-electron chi connectivity index (χ4n) is 5.23. The van der Waals surface area contributed by atoms with Gasteiger partial charge in [0.1, 0.15) is 5.75 Å². The van der Waals surface area contributed by atoms with E-state index in [-0.39, 0.29) is 12.0 Å². The van der Waals surface area contributed by atoms with Crippen molar-refractivity contribution in [1.82, 2.24) is 9.80 Å². The summed E-state index contributed by atoms with van der Waals surface area (Å²) in [5.41, 5.74) is 3.34. The Morgan fingerprint density at radius 3 is 2.55 bits per heavy atom. The Balaban J connectivity index is 1.19. The first kappa shape index (κ1) is 20.8. The van der Waals surface area contributed by atoms with E-state index < -0.39 is 0 Å². The van der Waals surface area contributed by atoms with E-state index in [1.807, 2.05) is 29.2 Å². The van der Waals surface area contributed by atoms with Crippen LogP contribution in [0.4, 0.5) is 0 Å². The first-order valence-corrected chi connectivity index (χ1v) is 12.0. The molecule has 0 bridgehead atoms. The summed E-state index contributed by atoms with van der Waals surface area (Å²) >= 11 is 6.07. The summed E-state index contributed by atoms with van der Waals surface area (Å²) in [5.74, 6) is 1.74. The lowest BCUT2D eigenvalue weighted by Gasteiger charge is -2.38. The molecule has 3 aliphatic rings. The van der Waals surface area contributed by atoms with Gasteiger partial charge in [-0.15, -0.1) is 0 Å². The summed E-state index contributed by atoms with van der Waals surface area (Å²) in [4.78, 5) is 16.7. The van der Waals surface area contributed by atoms with Gasteiger partial charge >= 0.3 is 0 Å². The topological polar surface area (TPSA) is 32.5 Å². The van der Waals surface area contributed by atoms with Crippen molar-refractivity contribution in [2.75, 3.05) is 13.1 Å². The van der Waals surface area contributed by atoms with Crippen molar-refractivity contribution in [2.24, 2.45) is 5.92 Å². The molecule has 1 unspecified atom stereocenters. The zero-order chi connectivity index (χ0) is 21.5. The second-order valence-corrected chi connectivity index (χ2v) is 10.2. The lowest BCUT2D eigenvalue weighted by atomic mass is 9.91. The minimum Gasteiger partial charge on any atom is -0.490 e. The zero-order valence-electron chi connectivity index (χ0n) is 18.4. The van der Waals surface area contributed by atoms with Gasteiger partial charge in [0, 0.05) is 36.3 Å². The van der Waals surface area contributed by atoms with Crippen LogP contribution in [0.1, 0.15) is 67.1 Å². The molecule has 1 amide bonds. The van der Waals surface area contributed by atoms with Gasteiger partial charge in [-0.3, -0.25) is 9.69 Å². The standard InChI is InChI=1S/C26H31ClN2O2/c1-17(2)14-28(15-18-3-5-19(27)6-4-18)20-7-9-21(10-8-20)31-22-11-12-23-24(13-22)25-16-29(25)26(23)30/h3-6,11-13,17,20-21,25H,7-10,14-16H2,1-2H3. The number of fused-ring (bicyclic) bond motifs is 3. The second-order valence-electron chi connectivity index (χ2n) is 9.72. The molecule has 2 aromatic rings. The monoisotopic (exact) mass is 438 g/mol. The van der Waals surface area contributed by atoms with E-state index in [2.05, 4.69) is 36.9 Å². The first-order chi connectivity index (χ1) is 15.0. The molecular weight excluding hydrogens is 408 g/mol. The molecule has 5 heteroatoms. The van der Waals surface area contributed by atoms with Gasteiger partial charge in [0.05, 0.1) is 12.1 Å². The Morgan fingerprint density at radius 1 is 1.10 bits per heavy atom. The lowest BCUT2D eigenvalue weighted by Crippen LogP contribution is -2.41. The second kappa shape index (κ2) is 8.48. The highest BCUT2D eigenvalue weighted by molar-refractivity contribution is 6.30. The molecule has 2 aromatic carbocycles. The first-order valence-electron chi connectivity index (χ1n) is 11.6. The lowest BCUT2D eigenvalue weighted by molar-refractivity contribution is 0.0769. The molecule has 2 heterocycles. The summed E-state index contributed by atoms with van der Waals surface area (Å²) in [6, 6.07) is 15.2. The van der Waals surface area contributed by atoms with Crippen LogP contribution >= 0.6 is 11.6 Å². The Hall–Kier alpha value is -2.04. The van der Waals surface area contributed by atoms with E-state index in [1.165, 1.54) is 5.56 Å². The van der Waals surface area contributed by atoms with Gasteiger partial charge < -0.3 is 9.64 Å². The van der Waals surface area contributed by atoms with E-state index in [0.29, 0.717) is 18.0 Å². The normalized spacial score (nSPS) is 24.5. The van der Waals surface area contributed by atoms with Crippen molar-refractivity contribution in [1.29, 1.82) is 0 Å². The van der Waals surface area contributed by atoms with Gasteiger partial charge in [0.25, 0.3) is 5.91 Å². The molecule has 4 nitrogen and oxygen atoms in total. The highest BCUT2D eigenvalue weighted by Gasteiger charge is 2.48. The highest BCUT2D eigenvalue weighted by atomic mass is 35.5. The molecular formula is C26H31ClN2O2. The number of amides is 1. The van der Waals surface area contributed by atoms with Crippen LogP contribution in [0, 0.1) is 5.92 Å². The fraction of sp³-hybridized carbons (Fsp3) is 0.500. The molecule has 0 radical (unpaired) electrons. The molecule has 2 aliphatic heterocycles. The van der Waals surface area contributed by atoms with Crippen LogP contribution in [0.2, 0.25) is 5.02 Å². The van der Waals surface area contributed by atoms with E-state index >= 15 is 0 Å². The number of carbonyl (C=O) groups is 1. The summed E-state index contributed by atoms with van der Waals surface area (Å²) in [5, 5.41) is 0.794. The third-order valence-electron chi connectivity index (χ3n) is 6.85. The van der Waals surface area contributed by atoms with Crippen molar-refractivity contribution < 1.29 is 9.53 Å². The average Bonchev–Trinajstić information content (AvgIpc) is 3.51. The van der Waals surface area contributed by atoms with Crippen LogP contribution in [0.15, 0.2) is 42.5 Å². The van der Waals surface area contributed by atoms with Crippen LogP contribution in [0.5, 0.6) is 5.75 Å². The number of hydrogen-bond acceptors (Lipinski definition) is 3. The number of rotatable bonds is 7. The van der Waals surface area contributed by atoms with Gasteiger partial charge in [-0.05, 0) is 73.1 Å². The maximum atomic E-state index is 12.1. The average molecular weight is 439 g/mol. The van der Waals surface area contributed by atoms with E-state index in [1.54, 1.807) is 0 Å². The SMILES string of the molecule is CC(C)CN(Cc1ccc(Cl)cc1)C1CCC(Oc2ccc3c(c2)C2CN2C3=O)CC1. The molecule has 1 saturated carbocycles. The third kappa shape index (κ3) is 4.47. The number of carbonyl (C=O) groups excluding carboxylic acids is 1. The van der Waals surface area contributed by atoms with Crippen molar-refractivity contribution in [2.45, 2.75) is 64.3 Å². The zero-order valence-corrected chi connectivity index (χ0v) is 19.1. The predicted molar refractivity (Wildman–Crippen MR) is 124 cm³/mol. The highest BCUT2D eigenvalue weighted by Crippen LogP contribution is 2.46. The summed E-state index contributed by atoms with van der Waals surface area (Å²) < 4.78 is 6.36. The summed E-state index contributed by atoms with van der Waals surface area (Å²) in [7, 11) is 0. The van der Waals surface area contributed by atoms with Gasteiger partial charge in [-0.2, -0.15) is 0 Å². The fourth-order valence-corrected chi connectivity index (χ4v) is 5.35. The van der Waals surface area contributed by atoms with Gasteiger partial charge in [0.2, 0.25) is 0 Å². The number of halogens is 1. The van der Waals surface area contributed by atoms with Crippen LogP contribution in [0.3, 0.4) is 0 Å². The smallest absolute Gasteiger partial charge is 0.254 e. The van der Waals surface area contributed by atoms with E-state index in [0.717, 1.165) is 67.2 Å². The molecule has 2 fully saturated rings. The minimum absolute atomic E-state index is 0.179.